The van der Waals surface area contributed by atoms with E-state index in [1.807, 2.05) is 34.3 Å². The molecule has 0 spiro atoms. The highest BCUT2D eigenvalue weighted by molar-refractivity contribution is 7.14. The standard InChI is InChI=1S/C19H19N3O2S2/c1-4-9-20-19-22(16(13-26-19)18-6-5-10-25-18)21-12-14-11-15(23-2)7-8-17(14)24-3/h4-8,10-13H,1,9H2,2-3H3. The molecule has 2 aromatic heterocycles. The number of ether oxygens (including phenoxy) is 2. The molecule has 0 fully saturated rings. The summed E-state index contributed by atoms with van der Waals surface area (Å²) in [7, 11) is 3.27. The van der Waals surface area contributed by atoms with Crippen molar-refractivity contribution in [1.82, 2.24) is 4.68 Å². The first-order valence-corrected chi connectivity index (χ1v) is 9.65. The van der Waals surface area contributed by atoms with Crippen molar-refractivity contribution >= 4 is 28.9 Å². The normalized spacial score (nSPS) is 11.8. The Morgan fingerprint density at radius 2 is 2.08 bits per heavy atom. The molecule has 0 unspecified atom stereocenters. The molecular formula is C19H19N3O2S2. The maximum absolute atomic E-state index is 5.42. The van der Waals surface area contributed by atoms with E-state index in [9.17, 15) is 0 Å². The van der Waals surface area contributed by atoms with Crippen molar-refractivity contribution < 1.29 is 9.47 Å². The summed E-state index contributed by atoms with van der Waals surface area (Å²) in [5.41, 5.74) is 1.84. The number of nitrogens with zero attached hydrogens (tertiary/aromatic N) is 3. The van der Waals surface area contributed by atoms with Crippen LogP contribution in [0.5, 0.6) is 11.5 Å². The Balaban J connectivity index is 2.07. The number of rotatable bonds is 7. The topological polar surface area (TPSA) is 48.1 Å². The van der Waals surface area contributed by atoms with E-state index < -0.39 is 0 Å². The van der Waals surface area contributed by atoms with Crippen molar-refractivity contribution in [2.75, 3.05) is 20.8 Å². The zero-order valence-corrected chi connectivity index (χ0v) is 16.2. The average Bonchev–Trinajstić information content (AvgIpc) is 3.33. The van der Waals surface area contributed by atoms with Gasteiger partial charge in [0, 0.05) is 10.9 Å². The lowest BCUT2D eigenvalue weighted by atomic mass is 10.2. The van der Waals surface area contributed by atoms with Crippen LogP contribution in [-0.4, -0.2) is 31.7 Å². The van der Waals surface area contributed by atoms with Crippen molar-refractivity contribution in [3.05, 3.63) is 64.1 Å². The van der Waals surface area contributed by atoms with Gasteiger partial charge in [0.2, 0.25) is 4.80 Å². The number of thiazole rings is 1. The summed E-state index contributed by atoms with van der Waals surface area (Å²) >= 11 is 3.22. The lowest BCUT2D eigenvalue weighted by Crippen LogP contribution is -2.12. The maximum Gasteiger partial charge on any atom is 0.206 e. The second kappa shape index (κ2) is 8.64. The largest absolute Gasteiger partial charge is 0.497 e. The van der Waals surface area contributed by atoms with E-state index in [4.69, 9.17) is 9.47 Å². The molecular weight excluding hydrogens is 366 g/mol. The quantitative estimate of drug-likeness (QED) is 0.451. The fourth-order valence-electron chi connectivity index (χ4n) is 2.32. The molecule has 0 aliphatic carbocycles. The summed E-state index contributed by atoms with van der Waals surface area (Å²) in [4.78, 5) is 6.49. The molecule has 0 radical (unpaired) electrons. The monoisotopic (exact) mass is 385 g/mol. The molecule has 3 aromatic rings. The van der Waals surface area contributed by atoms with E-state index in [0.717, 1.165) is 32.4 Å². The number of aromatic nitrogens is 1. The highest BCUT2D eigenvalue weighted by atomic mass is 32.1. The van der Waals surface area contributed by atoms with Gasteiger partial charge in [-0.05, 0) is 29.6 Å². The third-order valence-corrected chi connectivity index (χ3v) is 5.31. The minimum absolute atomic E-state index is 0.544. The number of hydrogen-bond donors (Lipinski definition) is 0. The molecule has 0 aliphatic rings. The molecule has 0 amide bonds. The van der Waals surface area contributed by atoms with Crippen LogP contribution >= 0.6 is 22.7 Å². The van der Waals surface area contributed by atoms with Gasteiger partial charge in [0.05, 0.1) is 37.6 Å². The molecule has 0 atom stereocenters. The van der Waals surface area contributed by atoms with Gasteiger partial charge >= 0.3 is 0 Å². The average molecular weight is 386 g/mol. The summed E-state index contributed by atoms with van der Waals surface area (Å²) in [5, 5.41) is 8.79. The summed E-state index contributed by atoms with van der Waals surface area (Å²) in [5.74, 6) is 1.48. The zero-order chi connectivity index (χ0) is 18.4. The first kappa shape index (κ1) is 18.2. The van der Waals surface area contributed by atoms with Crippen molar-refractivity contribution in [1.29, 1.82) is 0 Å². The number of methoxy groups -OCH3 is 2. The Morgan fingerprint density at radius 3 is 2.77 bits per heavy atom. The third kappa shape index (κ3) is 3.95. The smallest absolute Gasteiger partial charge is 0.206 e. The fourth-order valence-corrected chi connectivity index (χ4v) is 3.96. The van der Waals surface area contributed by atoms with E-state index >= 15 is 0 Å². The van der Waals surface area contributed by atoms with Gasteiger partial charge < -0.3 is 9.47 Å². The fraction of sp³-hybridized carbons (Fsp3) is 0.158. The Morgan fingerprint density at radius 1 is 1.19 bits per heavy atom. The first-order chi connectivity index (χ1) is 12.8. The zero-order valence-electron chi connectivity index (χ0n) is 14.6. The molecule has 3 rings (SSSR count). The lowest BCUT2D eigenvalue weighted by Gasteiger charge is -2.07. The Hall–Kier alpha value is -2.64. The first-order valence-electron chi connectivity index (χ1n) is 7.89. The van der Waals surface area contributed by atoms with E-state index in [-0.39, 0.29) is 0 Å². The molecule has 0 saturated carbocycles. The molecule has 5 nitrogen and oxygen atoms in total. The predicted octanol–water partition coefficient (Wildman–Crippen LogP) is 4.26. The maximum atomic E-state index is 5.42. The minimum Gasteiger partial charge on any atom is -0.497 e. The Bertz CT molecular complexity index is 969. The van der Waals surface area contributed by atoms with Crippen LogP contribution < -0.4 is 14.3 Å². The summed E-state index contributed by atoms with van der Waals surface area (Å²) in [6.07, 6.45) is 3.53. The van der Waals surface area contributed by atoms with Gasteiger partial charge in [-0.1, -0.05) is 12.1 Å². The van der Waals surface area contributed by atoms with Gasteiger partial charge in [-0.25, -0.2) is 4.68 Å². The van der Waals surface area contributed by atoms with E-state index in [1.54, 1.807) is 49.2 Å². The van der Waals surface area contributed by atoms with Gasteiger partial charge in [-0.2, -0.15) is 5.10 Å². The molecule has 2 heterocycles. The van der Waals surface area contributed by atoms with Crippen molar-refractivity contribution in [2.24, 2.45) is 10.1 Å². The van der Waals surface area contributed by atoms with E-state index in [2.05, 4.69) is 28.1 Å². The van der Waals surface area contributed by atoms with Gasteiger partial charge in [-0.15, -0.1) is 29.3 Å². The second-order valence-corrected chi connectivity index (χ2v) is 6.96. The highest BCUT2D eigenvalue weighted by Crippen LogP contribution is 2.26. The Kier molecular flexibility index (Phi) is 6.04. The van der Waals surface area contributed by atoms with E-state index in [0.29, 0.717) is 6.54 Å². The molecule has 134 valence electrons. The lowest BCUT2D eigenvalue weighted by molar-refractivity contribution is 0.402. The summed E-state index contributed by atoms with van der Waals surface area (Å²) in [6, 6.07) is 9.71. The molecule has 26 heavy (non-hydrogen) atoms. The van der Waals surface area contributed by atoms with Gasteiger partial charge in [0.15, 0.2) is 0 Å². The van der Waals surface area contributed by atoms with Crippen LogP contribution in [-0.2, 0) is 0 Å². The molecule has 0 bridgehead atoms. The molecule has 0 saturated heterocycles. The molecule has 7 heteroatoms. The Labute approximate surface area is 160 Å². The molecule has 0 aliphatic heterocycles. The van der Waals surface area contributed by atoms with Gasteiger partial charge in [0.25, 0.3) is 0 Å². The van der Waals surface area contributed by atoms with Crippen molar-refractivity contribution in [3.8, 4) is 22.1 Å². The minimum atomic E-state index is 0.544. The summed E-state index contributed by atoms with van der Waals surface area (Å²) in [6.45, 7) is 4.28. The summed E-state index contributed by atoms with van der Waals surface area (Å²) < 4.78 is 12.6. The van der Waals surface area contributed by atoms with Crippen molar-refractivity contribution in [3.63, 3.8) is 0 Å². The molecule has 0 N–H and O–H groups in total. The van der Waals surface area contributed by atoms with Crippen LogP contribution in [0.25, 0.3) is 10.6 Å². The van der Waals surface area contributed by atoms with Crippen molar-refractivity contribution in [2.45, 2.75) is 0 Å². The van der Waals surface area contributed by atoms with Gasteiger partial charge in [0.1, 0.15) is 11.5 Å². The second-order valence-electron chi connectivity index (χ2n) is 5.17. The third-order valence-electron chi connectivity index (χ3n) is 3.56. The highest BCUT2D eigenvalue weighted by Gasteiger charge is 2.09. The predicted molar refractivity (Wildman–Crippen MR) is 109 cm³/mol. The number of benzene rings is 1. The van der Waals surface area contributed by atoms with Gasteiger partial charge in [-0.3, -0.25) is 4.99 Å². The van der Waals surface area contributed by atoms with Crippen LogP contribution in [0.3, 0.4) is 0 Å². The molecule has 1 aromatic carbocycles. The van der Waals surface area contributed by atoms with E-state index in [1.165, 1.54) is 0 Å². The van der Waals surface area contributed by atoms with Crippen LogP contribution in [0.2, 0.25) is 0 Å². The SMILES string of the molecule is C=CCN=c1scc(-c2cccs2)n1N=Cc1cc(OC)ccc1OC. The van der Waals surface area contributed by atoms with Crippen LogP contribution in [0.1, 0.15) is 5.56 Å². The number of thiophene rings is 1. The number of hydrogen-bond acceptors (Lipinski definition) is 6. The van der Waals surface area contributed by atoms with Crippen LogP contribution in [0.4, 0.5) is 0 Å². The van der Waals surface area contributed by atoms with Crippen LogP contribution in [0.15, 0.2) is 63.8 Å². The van der Waals surface area contributed by atoms with Crippen LogP contribution in [0, 0.1) is 0 Å².